The number of hydrogen-bond donors (Lipinski definition) is 2. The van der Waals surface area contributed by atoms with Crippen LogP contribution in [0.15, 0.2) is 27.8 Å². The van der Waals surface area contributed by atoms with Crippen LogP contribution >= 0.6 is 24.0 Å². The van der Waals surface area contributed by atoms with Gasteiger partial charge >= 0.3 is 0 Å². The normalized spacial score (nSPS) is 19.5. The van der Waals surface area contributed by atoms with Crippen molar-refractivity contribution in [2.75, 3.05) is 32.7 Å². The highest BCUT2D eigenvalue weighted by molar-refractivity contribution is 14.0. The van der Waals surface area contributed by atoms with Crippen molar-refractivity contribution in [3.63, 3.8) is 0 Å². The summed E-state index contributed by atoms with van der Waals surface area (Å²) in [6.07, 6.45) is 4.30. The van der Waals surface area contributed by atoms with Crippen molar-refractivity contribution >= 4 is 29.9 Å². The van der Waals surface area contributed by atoms with E-state index in [9.17, 15) is 0 Å². The van der Waals surface area contributed by atoms with Crippen LogP contribution < -0.4 is 10.6 Å². The van der Waals surface area contributed by atoms with Gasteiger partial charge < -0.3 is 20.0 Å². The summed E-state index contributed by atoms with van der Waals surface area (Å²) >= 11 is 0. The van der Waals surface area contributed by atoms with Gasteiger partial charge in [0.25, 0.3) is 0 Å². The molecule has 1 aliphatic rings. The average Bonchev–Trinajstić information content (AvgIpc) is 3.03. The fourth-order valence-electron chi connectivity index (χ4n) is 2.75. The molecule has 2 rings (SSSR count). The van der Waals surface area contributed by atoms with Crippen LogP contribution in [0.1, 0.15) is 32.4 Å². The zero-order chi connectivity index (χ0) is 14.9. The Bertz CT molecular complexity index is 422. The standard InChI is InChI=1S/C16H28N4O.HI/c1-3-17-16(19-12-15-8-6-10-21-15)18-11-14-7-5-9-20(4-2)13-14;/h6,8,10,14H,3-5,7,9,11-13H2,1-2H3,(H2,17,18,19);1H. The number of furan rings is 1. The molecule has 1 atom stereocenters. The van der Waals surface area contributed by atoms with Gasteiger partial charge in [-0.1, -0.05) is 6.92 Å². The van der Waals surface area contributed by atoms with Crippen molar-refractivity contribution < 1.29 is 4.42 Å². The summed E-state index contributed by atoms with van der Waals surface area (Å²) in [7, 11) is 0. The van der Waals surface area contributed by atoms with Crippen LogP contribution in [0, 0.1) is 5.92 Å². The maximum absolute atomic E-state index is 5.32. The molecular formula is C16H29IN4O. The number of aliphatic imine (C=N–C) groups is 1. The summed E-state index contributed by atoms with van der Waals surface area (Å²) in [5.41, 5.74) is 0. The van der Waals surface area contributed by atoms with Crippen LogP contribution in [0.4, 0.5) is 0 Å². The van der Waals surface area contributed by atoms with E-state index in [0.717, 1.165) is 31.4 Å². The van der Waals surface area contributed by atoms with E-state index in [-0.39, 0.29) is 24.0 Å². The van der Waals surface area contributed by atoms with Gasteiger partial charge in [0.15, 0.2) is 5.96 Å². The zero-order valence-corrected chi connectivity index (χ0v) is 16.0. The van der Waals surface area contributed by atoms with Gasteiger partial charge in [0.05, 0.1) is 6.26 Å². The first-order valence-electron chi connectivity index (χ1n) is 8.08. The smallest absolute Gasteiger partial charge is 0.191 e. The van der Waals surface area contributed by atoms with Gasteiger partial charge in [0.2, 0.25) is 0 Å². The molecule has 2 heterocycles. The molecule has 1 fully saturated rings. The molecule has 0 aliphatic carbocycles. The maximum atomic E-state index is 5.32. The Labute approximate surface area is 150 Å². The van der Waals surface area contributed by atoms with Crippen molar-refractivity contribution in [1.82, 2.24) is 15.5 Å². The van der Waals surface area contributed by atoms with Crippen molar-refractivity contribution in [2.45, 2.75) is 33.2 Å². The molecule has 0 aromatic carbocycles. The first kappa shape index (κ1) is 19.3. The summed E-state index contributed by atoms with van der Waals surface area (Å²) in [6.45, 7) is 10.4. The average molecular weight is 420 g/mol. The van der Waals surface area contributed by atoms with Crippen LogP contribution in [0.2, 0.25) is 0 Å². The van der Waals surface area contributed by atoms with Gasteiger partial charge in [-0.3, -0.25) is 0 Å². The largest absolute Gasteiger partial charge is 0.467 e. The molecule has 0 spiro atoms. The molecule has 0 saturated carbocycles. The molecule has 1 aromatic heterocycles. The van der Waals surface area contributed by atoms with E-state index in [1.807, 2.05) is 12.1 Å². The summed E-state index contributed by atoms with van der Waals surface area (Å²) in [5.74, 6) is 2.48. The highest BCUT2D eigenvalue weighted by atomic mass is 127. The third-order valence-corrected chi connectivity index (χ3v) is 3.93. The molecular weight excluding hydrogens is 391 g/mol. The van der Waals surface area contributed by atoms with E-state index in [4.69, 9.17) is 4.42 Å². The Morgan fingerprint density at radius 1 is 1.41 bits per heavy atom. The highest BCUT2D eigenvalue weighted by Gasteiger charge is 2.18. The van der Waals surface area contributed by atoms with E-state index in [2.05, 4.69) is 34.4 Å². The molecule has 0 bridgehead atoms. The number of nitrogens with zero attached hydrogens (tertiary/aromatic N) is 2. The Morgan fingerprint density at radius 2 is 2.27 bits per heavy atom. The number of likely N-dealkylation sites (tertiary alicyclic amines) is 1. The van der Waals surface area contributed by atoms with E-state index in [0.29, 0.717) is 12.5 Å². The lowest BCUT2D eigenvalue weighted by atomic mass is 9.98. The molecule has 0 radical (unpaired) electrons. The van der Waals surface area contributed by atoms with Crippen LogP contribution in [0.25, 0.3) is 0 Å². The van der Waals surface area contributed by atoms with Gasteiger partial charge in [-0.15, -0.1) is 24.0 Å². The Kier molecular flexibility index (Phi) is 9.54. The first-order chi connectivity index (χ1) is 10.3. The molecule has 6 heteroatoms. The lowest BCUT2D eigenvalue weighted by Gasteiger charge is -2.32. The van der Waals surface area contributed by atoms with Crippen LogP contribution in [0.3, 0.4) is 0 Å². The zero-order valence-electron chi connectivity index (χ0n) is 13.7. The fourth-order valence-corrected chi connectivity index (χ4v) is 2.75. The van der Waals surface area contributed by atoms with Crippen molar-refractivity contribution in [2.24, 2.45) is 10.9 Å². The van der Waals surface area contributed by atoms with Gasteiger partial charge in [-0.2, -0.15) is 0 Å². The minimum absolute atomic E-state index is 0. The quantitative estimate of drug-likeness (QED) is 0.422. The van der Waals surface area contributed by atoms with Gasteiger partial charge in [-0.25, -0.2) is 4.99 Å². The van der Waals surface area contributed by atoms with E-state index in [1.165, 1.54) is 25.9 Å². The highest BCUT2D eigenvalue weighted by Crippen LogP contribution is 2.15. The maximum Gasteiger partial charge on any atom is 0.191 e. The minimum atomic E-state index is 0. The SMILES string of the molecule is CCNC(=NCc1ccco1)NCC1CCCN(CC)C1.I. The number of hydrogen-bond acceptors (Lipinski definition) is 3. The number of piperidine rings is 1. The molecule has 0 amide bonds. The van der Waals surface area contributed by atoms with Crippen LogP contribution in [-0.4, -0.2) is 43.6 Å². The lowest BCUT2D eigenvalue weighted by Crippen LogP contribution is -2.44. The predicted molar refractivity (Wildman–Crippen MR) is 102 cm³/mol. The monoisotopic (exact) mass is 420 g/mol. The van der Waals surface area contributed by atoms with Crippen molar-refractivity contribution in [3.05, 3.63) is 24.2 Å². The fraction of sp³-hybridized carbons (Fsp3) is 0.688. The van der Waals surface area contributed by atoms with Gasteiger partial charge in [0.1, 0.15) is 12.3 Å². The third-order valence-electron chi connectivity index (χ3n) is 3.93. The molecule has 5 nitrogen and oxygen atoms in total. The van der Waals surface area contributed by atoms with E-state index < -0.39 is 0 Å². The molecule has 1 aliphatic heterocycles. The third kappa shape index (κ3) is 6.56. The van der Waals surface area contributed by atoms with Crippen LogP contribution in [-0.2, 0) is 6.54 Å². The predicted octanol–water partition coefficient (Wildman–Crippen LogP) is 2.68. The van der Waals surface area contributed by atoms with E-state index in [1.54, 1.807) is 6.26 Å². The first-order valence-corrected chi connectivity index (χ1v) is 8.08. The molecule has 1 unspecified atom stereocenters. The second-order valence-electron chi connectivity index (χ2n) is 5.56. The number of halogens is 1. The molecule has 2 N–H and O–H groups in total. The summed E-state index contributed by atoms with van der Waals surface area (Å²) in [4.78, 5) is 7.10. The summed E-state index contributed by atoms with van der Waals surface area (Å²) < 4.78 is 5.32. The minimum Gasteiger partial charge on any atom is -0.467 e. The Balaban J connectivity index is 0.00000242. The number of nitrogens with one attached hydrogen (secondary N) is 2. The molecule has 126 valence electrons. The van der Waals surface area contributed by atoms with Crippen molar-refractivity contribution in [1.29, 1.82) is 0 Å². The van der Waals surface area contributed by atoms with Crippen LogP contribution in [0.5, 0.6) is 0 Å². The number of guanidine groups is 1. The topological polar surface area (TPSA) is 52.8 Å². The van der Waals surface area contributed by atoms with Gasteiger partial charge in [-0.05, 0) is 50.9 Å². The Hall–Kier alpha value is -0.760. The lowest BCUT2D eigenvalue weighted by molar-refractivity contribution is 0.183. The van der Waals surface area contributed by atoms with Crippen molar-refractivity contribution in [3.8, 4) is 0 Å². The molecule has 1 aromatic rings. The second kappa shape index (κ2) is 10.9. The van der Waals surface area contributed by atoms with Gasteiger partial charge in [0, 0.05) is 19.6 Å². The summed E-state index contributed by atoms with van der Waals surface area (Å²) in [5, 5.41) is 6.76. The second-order valence-corrected chi connectivity index (χ2v) is 5.56. The van der Waals surface area contributed by atoms with E-state index >= 15 is 0 Å². The summed E-state index contributed by atoms with van der Waals surface area (Å²) in [6, 6.07) is 3.85. The molecule has 22 heavy (non-hydrogen) atoms. The molecule has 1 saturated heterocycles. The number of rotatable bonds is 6. The Morgan fingerprint density at radius 3 is 2.95 bits per heavy atom.